The quantitative estimate of drug-likeness (QED) is 0.729. The maximum Gasteiger partial charge on any atom is 0.161 e. The van der Waals surface area contributed by atoms with E-state index in [-0.39, 0.29) is 12.4 Å². The number of ether oxygens (including phenoxy) is 2. The van der Waals surface area contributed by atoms with Crippen molar-refractivity contribution in [2.24, 2.45) is 0 Å². The molecule has 0 radical (unpaired) electrons. The number of rotatable bonds is 8. The predicted molar refractivity (Wildman–Crippen MR) is 95.3 cm³/mol. The highest BCUT2D eigenvalue weighted by molar-refractivity contribution is 6.31. The molecule has 0 aliphatic heterocycles. The smallest absolute Gasteiger partial charge is 0.161 e. The first-order valence-corrected chi connectivity index (χ1v) is 8.38. The maximum atomic E-state index is 13.1. The zero-order valence-corrected chi connectivity index (χ0v) is 15.0. The summed E-state index contributed by atoms with van der Waals surface area (Å²) in [7, 11) is 1.61. The van der Waals surface area contributed by atoms with E-state index in [1.807, 2.05) is 18.2 Å². The highest BCUT2D eigenvalue weighted by Gasteiger charge is 2.09. The topological polar surface area (TPSA) is 30.5 Å². The molecular formula is C19H23ClFNO2. The minimum atomic E-state index is -0.362. The van der Waals surface area contributed by atoms with Crippen LogP contribution in [0.4, 0.5) is 4.39 Å². The van der Waals surface area contributed by atoms with E-state index >= 15 is 0 Å². The van der Waals surface area contributed by atoms with Gasteiger partial charge in [-0.25, -0.2) is 4.39 Å². The largest absolute Gasteiger partial charge is 0.493 e. The standard InChI is InChI=1S/C19H23ClFNO2/c1-4-13(2)22-11-14-5-8-18(19(9-14)23-3)24-12-15-6-7-16(21)10-17(15)20/h5-10,13,22H,4,11-12H2,1-3H3. The van der Waals surface area contributed by atoms with Crippen molar-refractivity contribution < 1.29 is 13.9 Å². The summed E-state index contributed by atoms with van der Waals surface area (Å²) in [6.45, 7) is 5.33. The minimum Gasteiger partial charge on any atom is -0.493 e. The zero-order valence-electron chi connectivity index (χ0n) is 14.2. The third-order valence-corrected chi connectivity index (χ3v) is 4.25. The fourth-order valence-electron chi connectivity index (χ4n) is 2.17. The number of nitrogens with one attached hydrogen (secondary N) is 1. The average Bonchev–Trinajstić information content (AvgIpc) is 2.59. The second-order valence-corrected chi connectivity index (χ2v) is 6.11. The van der Waals surface area contributed by atoms with Crippen LogP contribution in [0.2, 0.25) is 5.02 Å². The minimum absolute atomic E-state index is 0.250. The molecule has 3 nitrogen and oxygen atoms in total. The van der Waals surface area contributed by atoms with Gasteiger partial charge in [0.2, 0.25) is 0 Å². The number of methoxy groups -OCH3 is 1. The van der Waals surface area contributed by atoms with Crippen molar-refractivity contribution in [1.82, 2.24) is 5.32 Å². The summed E-state index contributed by atoms with van der Waals surface area (Å²) in [4.78, 5) is 0. The fourth-order valence-corrected chi connectivity index (χ4v) is 2.39. The third kappa shape index (κ3) is 5.11. The van der Waals surface area contributed by atoms with Crippen molar-refractivity contribution in [2.45, 2.75) is 39.5 Å². The average molecular weight is 352 g/mol. The second kappa shape index (κ2) is 8.90. The van der Waals surface area contributed by atoms with Gasteiger partial charge in [-0.05, 0) is 43.2 Å². The zero-order chi connectivity index (χ0) is 17.5. The first-order valence-electron chi connectivity index (χ1n) is 8.00. The van der Waals surface area contributed by atoms with E-state index < -0.39 is 0 Å². The Bertz CT molecular complexity index is 678. The lowest BCUT2D eigenvalue weighted by atomic mass is 10.1. The molecule has 0 bridgehead atoms. The van der Waals surface area contributed by atoms with E-state index in [1.54, 1.807) is 13.2 Å². The van der Waals surface area contributed by atoms with Crippen LogP contribution >= 0.6 is 11.6 Å². The molecule has 0 saturated heterocycles. The lowest BCUT2D eigenvalue weighted by molar-refractivity contribution is 0.284. The summed E-state index contributed by atoms with van der Waals surface area (Å²) < 4.78 is 24.3. The maximum absolute atomic E-state index is 13.1. The van der Waals surface area contributed by atoms with Crippen LogP contribution in [0, 0.1) is 5.82 Å². The van der Waals surface area contributed by atoms with Gasteiger partial charge < -0.3 is 14.8 Å². The van der Waals surface area contributed by atoms with Crippen LogP contribution in [0.3, 0.4) is 0 Å². The molecule has 0 saturated carbocycles. The molecule has 5 heteroatoms. The van der Waals surface area contributed by atoms with Crippen LogP contribution in [-0.4, -0.2) is 13.2 Å². The Hall–Kier alpha value is -1.78. The van der Waals surface area contributed by atoms with E-state index in [0.717, 1.165) is 24.1 Å². The van der Waals surface area contributed by atoms with Gasteiger partial charge in [0.05, 0.1) is 12.1 Å². The van der Waals surface area contributed by atoms with Gasteiger partial charge in [-0.3, -0.25) is 0 Å². The van der Waals surface area contributed by atoms with Crippen molar-refractivity contribution in [3.63, 3.8) is 0 Å². The Morgan fingerprint density at radius 1 is 1.17 bits per heavy atom. The molecule has 2 aromatic rings. The van der Waals surface area contributed by atoms with Gasteiger partial charge in [0.15, 0.2) is 11.5 Å². The number of hydrogen-bond acceptors (Lipinski definition) is 3. The molecule has 0 fully saturated rings. The predicted octanol–water partition coefficient (Wildman–Crippen LogP) is 4.95. The molecule has 0 heterocycles. The Morgan fingerprint density at radius 3 is 2.62 bits per heavy atom. The van der Waals surface area contributed by atoms with E-state index in [1.165, 1.54) is 12.1 Å². The lowest BCUT2D eigenvalue weighted by Crippen LogP contribution is -2.24. The van der Waals surface area contributed by atoms with Crippen molar-refractivity contribution in [3.05, 3.63) is 58.4 Å². The molecule has 0 aliphatic rings. The van der Waals surface area contributed by atoms with Crippen LogP contribution < -0.4 is 14.8 Å². The summed E-state index contributed by atoms with van der Waals surface area (Å²) in [5, 5.41) is 3.79. The summed E-state index contributed by atoms with van der Waals surface area (Å²) in [6, 6.07) is 10.6. The first-order chi connectivity index (χ1) is 11.5. The molecule has 2 aromatic carbocycles. The first kappa shape index (κ1) is 18.6. The monoisotopic (exact) mass is 351 g/mol. The fraction of sp³-hybridized carbons (Fsp3) is 0.368. The van der Waals surface area contributed by atoms with Gasteiger partial charge in [-0.15, -0.1) is 0 Å². The van der Waals surface area contributed by atoms with Gasteiger partial charge in [0.25, 0.3) is 0 Å². The highest BCUT2D eigenvalue weighted by atomic mass is 35.5. The Morgan fingerprint density at radius 2 is 1.96 bits per heavy atom. The molecule has 130 valence electrons. The number of hydrogen-bond donors (Lipinski definition) is 1. The van der Waals surface area contributed by atoms with Crippen LogP contribution in [0.15, 0.2) is 36.4 Å². The summed E-state index contributed by atoms with van der Waals surface area (Å²) in [6.07, 6.45) is 1.08. The lowest BCUT2D eigenvalue weighted by Gasteiger charge is -2.15. The van der Waals surface area contributed by atoms with E-state index in [4.69, 9.17) is 21.1 Å². The molecule has 0 amide bonds. The van der Waals surface area contributed by atoms with Gasteiger partial charge in [0, 0.05) is 18.2 Å². The highest BCUT2D eigenvalue weighted by Crippen LogP contribution is 2.29. The Balaban J connectivity index is 2.04. The van der Waals surface area contributed by atoms with E-state index in [9.17, 15) is 4.39 Å². The molecule has 1 N–H and O–H groups in total. The SMILES string of the molecule is CCC(C)NCc1ccc(OCc2ccc(F)cc2Cl)c(OC)c1. The van der Waals surface area contributed by atoms with Crippen LogP contribution in [0.1, 0.15) is 31.4 Å². The second-order valence-electron chi connectivity index (χ2n) is 5.70. The normalized spacial score (nSPS) is 12.0. The molecular weight excluding hydrogens is 329 g/mol. The number of halogens is 2. The molecule has 1 atom stereocenters. The molecule has 24 heavy (non-hydrogen) atoms. The van der Waals surface area contributed by atoms with E-state index in [0.29, 0.717) is 22.6 Å². The number of benzene rings is 2. The Labute approximate surface area is 147 Å². The van der Waals surface area contributed by atoms with E-state index in [2.05, 4.69) is 19.2 Å². The molecule has 0 aromatic heterocycles. The van der Waals surface area contributed by atoms with Crippen molar-refractivity contribution in [3.8, 4) is 11.5 Å². The third-order valence-electron chi connectivity index (χ3n) is 3.89. The van der Waals surface area contributed by atoms with Gasteiger partial charge >= 0.3 is 0 Å². The van der Waals surface area contributed by atoms with Crippen molar-refractivity contribution in [2.75, 3.05) is 7.11 Å². The van der Waals surface area contributed by atoms with Crippen LogP contribution in [0.5, 0.6) is 11.5 Å². The van der Waals surface area contributed by atoms with Crippen LogP contribution in [-0.2, 0) is 13.2 Å². The van der Waals surface area contributed by atoms with Crippen LogP contribution in [0.25, 0.3) is 0 Å². The molecule has 1 unspecified atom stereocenters. The van der Waals surface area contributed by atoms with Gasteiger partial charge in [-0.2, -0.15) is 0 Å². The summed E-state index contributed by atoms with van der Waals surface area (Å²) >= 11 is 6.02. The summed E-state index contributed by atoms with van der Waals surface area (Å²) in [5.41, 5.74) is 1.85. The molecule has 0 aliphatic carbocycles. The van der Waals surface area contributed by atoms with Gasteiger partial charge in [-0.1, -0.05) is 30.7 Å². The molecule has 0 spiro atoms. The van der Waals surface area contributed by atoms with Crippen molar-refractivity contribution >= 4 is 11.6 Å². The van der Waals surface area contributed by atoms with Gasteiger partial charge in [0.1, 0.15) is 12.4 Å². The Kier molecular flexibility index (Phi) is 6.88. The molecule has 2 rings (SSSR count). The summed E-state index contributed by atoms with van der Waals surface area (Å²) in [5.74, 6) is 0.932. The van der Waals surface area contributed by atoms with Crippen molar-refractivity contribution in [1.29, 1.82) is 0 Å².